The fourth-order valence-corrected chi connectivity index (χ4v) is 2.70. The first kappa shape index (κ1) is 14.8. The van der Waals surface area contributed by atoms with Crippen LogP contribution in [0.5, 0.6) is 5.88 Å². The summed E-state index contributed by atoms with van der Waals surface area (Å²) in [5.74, 6) is -0.928. The number of rotatable bonds is 2. The largest absolute Gasteiger partial charge is 0.493 e. The van der Waals surface area contributed by atoms with Crippen LogP contribution in [0.1, 0.15) is 22.4 Å². The molecule has 2 heterocycles. The smallest absolute Gasteiger partial charge is 0.421 e. The predicted octanol–water partition coefficient (Wildman–Crippen LogP) is 3.36. The van der Waals surface area contributed by atoms with Crippen molar-refractivity contribution in [2.75, 3.05) is 6.54 Å². The maximum atomic E-state index is 12.8. The molecule has 0 saturated heterocycles. The average Bonchev–Trinajstić information content (AvgIpc) is 2.47. The lowest BCUT2D eigenvalue weighted by molar-refractivity contribution is -0.139. The third-order valence-electron chi connectivity index (χ3n) is 3.78. The number of halogens is 3. The van der Waals surface area contributed by atoms with Crippen LogP contribution >= 0.6 is 0 Å². The van der Waals surface area contributed by atoms with Gasteiger partial charge in [-0.2, -0.15) is 13.2 Å². The Morgan fingerprint density at radius 2 is 1.91 bits per heavy atom. The Balaban J connectivity index is 1.83. The van der Waals surface area contributed by atoms with Crippen LogP contribution in [0.25, 0.3) is 0 Å². The van der Waals surface area contributed by atoms with Gasteiger partial charge in [-0.05, 0) is 17.2 Å². The van der Waals surface area contributed by atoms with Crippen LogP contribution in [0.2, 0.25) is 0 Å². The molecule has 3 nitrogen and oxygen atoms in total. The van der Waals surface area contributed by atoms with Gasteiger partial charge in [0.1, 0.15) is 5.56 Å². The summed E-state index contributed by atoms with van der Waals surface area (Å²) in [7, 11) is 0. The molecular weight excluding hydrogens is 293 g/mol. The molecule has 116 valence electrons. The van der Waals surface area contributed by atoms with E-state index in [0.29, 0.717) is 37.3 Å². The molecule has 0 unspecified atom stereocenters. The second kappa shape index (κ2) is 5.61. The Labute approximate surface area is 126 Å². The normalized spacial score (nSPS) is 15.6. The van der Waals surface area contributed by atoms with Crippen molar-refractivity contribution in [1.82, 2.24) is 9.88 Å². The first-order valence-corrected chi connectivity index (χ1v) is 6.99. The second-order valence-electron chi connectivity index (χ2n) is 5.41. The van der Waals surface area contributed by atoms with E-state index in [-0.39, 0.29) is 0 Å². The van der Waals surface area contributed by atoms with Crippen LogP contribution in [0.3, 0.4) is 0 Å². The van der Waals surface area contributed by atoms with Crippen molar-refractivity contribution >= 4 is 0 Å². The lowest BCUT2D eigenvalue weighted by Crippen LogP contribution is -2.31. The molecule has 0 fully saturated rings. The van der Waals surface area contributed by atoms with Crippen LogP contribution in [0.4, 0.5) is 13.2 Å². The Kier molecular flexibility index (Phi) is 3.78. The molecule has 1 aromatic heterocycles. The molecule has 3 rings (SSSR count). The van der Waals surface area contributed by atoms with Crippen molar-refractivity contribution < 1.29 is 18.3 Å². The minimum absolute atomic E-state index is 0.403. The van der Waals surface area contributed by atoms with Gasteiger partial charge in [-0.25, -0.2) is 4.98 Å². The van der Waals surface area contributed by atoms with Gasteiger partial charge in [0, 0.05) is 26.1 Å². The molecule has 1 aliphatic rings. The number of fused-ring (bicyclic) bond motifs is 1. The third-order valence-corrected chi connectivity index (χ3v) is 3.78. The highest BCUT2D eigenvalue weighted by Crippen LogP contribution is 2.36. The summed E-state index contributed by atoms with van der Waals surface area (Å²) in [5, 5.41) is 9.46. The van der Waals surface area contributed by atoms with E-state index in [1.807, 2.05) is 30.3 Å². The number of aromatic hydroxyl groups is 1. The fourth-order valence-electron chi connectivity index (χ4n) is 2.70. The number of alkyl halides is 3. The summed E-state index contributed by atoms with van der Waals surface area (Å²) in [5.41, 5.74) is 1.14. The van der Waals surface area contributed by atoms with Gasteiger partial charge in [-0.1, -0.05) is 30.3 Å². The minimum atomic E-state index is -4.59. The molecule has 22 heavy (non-hydrogen) atoms. The molecule has 0 atom stereocenters. The average molecular weight is 308 g/mol. The van der Waals surface area contributed by atoms with Gasteiger partial charge in [0.25, 0.3) is 0 Å². The Hall–Kier alpha value is -2.08. The predicted molar refractivity (Wildman–Crippen MR) is 75.2 cm³/mol. The van der Waals surface area contributed by atoms with Crippen molar-refractivity contribution in [2.45, 2.75) is 25.7 Å². The standard InChI is InChI=1S/C16H15F3N2O/c17-16(18,19)13-8-12-10-21(7-6-14(12)20-15(13)22)9-11-4-2-1-3-5-11/h1-5,8H,6-7,9-10H2,(H,20,22). The van der Waals surface area contributed by atoms with E-state index in [1.165, 1.54) is 0 Å². The zero-order valence-corrected chi connectivity index (χ0v) is 11.8. The van der Waals surface area contributed by atoms with Crippen LogP contribution in [-0.2, 0) is 25.7 Å². The monoisotopic (exact) mass is 308 g/mol. The van der Waals surface area contributed by atoms with Gasteiger partial charge in [0.15, 0.2) is 0 Å². The zero-order valence-electron chi connectivity index (χ0n) is 11.8. The summed E-state index contributed by atoms with van der Waals surface area (Å²) in [4.78, 5) is 5.81. The minimum Gasteiger partial charge on any atom is -0.493 e. The van der Waals surface area contributed by atoms with Gasteiger partial charge in [-0.3, -0.25) is 4.90 Å². The molecule has 0 saturated carbocycles. The number of nitrogens with zero attached hydrogens (tertiary/aromatic N) is 2. The van der Waals surface area contributed by atoms with E-state index in [4.69, 9.17) is 0 Å². The lowest BCUT2D eigenvalue weighted by Gasteiger charge is -2.28. The number of benzene rings is 1. The highest BCUT2D eigenvalue weighted by molar-refractivity contribution is 5.37. The number of hydrogen-bond acceptors (Lipinski definition) is 3. The van der Waals surface area contributed by atoms with Crippen LogP contribution in [-0.4, -0.2) is 21.5 Å². The molecule has 1 aliphatic heterocycles. The summed E-state index contributed by atoms with van der Waals surface area (Å²) < 4.78 is 38.5. The van der Waals surface area contributed by atoms with Crippen molar-refractivity contribution in [3.8, 4) is 5.88 Å². The Morgan fingerprint density at radius 1 is 1.18 bits per heavy atom. The zero-order chi connectivity index (χ0) is 15.7. The molecule has 0 radical (unpaired) electrons. The van der Waals surface area contributed by atoms with E-state index < -0.39 is 17.6 Å². The Morgan fingerprint density at radius 3 is 2.59 bits per heavy atom. The molecule has 6 heteroatoms. The topological polar surface area (TPSA) is 36.4 Å². The highest BCUT2D eigenvalue weighted by Gasteiger charge is 2.36. The third kappa shape index (κ3) is 3.06. The van der Waals surface area contributed by atoms with Crippen LogP contribution < -0.4 is 0 Å². The maximum Gasteiger partial charge on any atom is 0.421 e. The molecule has 0 bridgehead atoms. The van der Waals surface area contributed by atoms with E-state index >= 15 is 0 Å². The van der Waals surface area contributed by atoms with E-state index in [1.54, 1.807) is 0 Å². The van der Waals surface area contributed by atoms with Gasteiger partial charge >= 0.3 is 6.18 Å². The Bertz CT molecular complexity index is 671. The maximum absolute atomic E-state index is 12.8. The second-order valence-corrected chi connectivity index (χ2v) is 5.41. The fraction of sp³-hybridized carbons (Fsp3) is 0.312. The first-order valence-electron chi connectivity index (χ1n) is 6.99. The summed E-state index contributed by atoms with van der Waals surface area (Å²) in [6.07, 6.45) is -4.05. The molecule has 0 aliphatic carbocycles. The summed E-state index contributed by atoms with van der Waals surface area (Å²) in [6, 6.07) is 10.8. The van der Waals surface area contributed by atoms with E-state index in [9.17, 15) is 18.3 Å². The molecule has 1 aromatic carbocycles. The van der Waals surface area contributed by atoms with Gasteiger partial charge in [0.05, 0.1) is 5.69 Å². The van der Waals surface area contributed by atoms with Crippen molar-refractivity contribution in [2.24, 2.45) is 0 Å². The van der Waals surface area contributed by atoms with Crippen LogP contribution in [0, 0.1) is 0 Å². The molecule has 0 amide bonds. The molecule has 0 spiro atoms. The van der Waals surface area contributed by atoms with Gasteiger partial charge in [0.2, 0.25) is 5.88 Å². The highest BCUT2D eigenvalue weighted by atomic mass is 19.4. The first-order chi connectivity index (χ1) is 10.4. The SMILES string of the molecule is Oc1nc2c(cc1C(F)(F)F)CN(Cc1ccccc1)CC2. The number of hydrogen-bond donors (Lipinski definition) is 1. The van der Waals surface area contributed by atoms with E-state index in [0.717, 1.165) is 11.6 Å². The number of aromatic nitrogens is 1. The summed E-state index contributed by atoms with van der Waals surface area (Å²) in [6.45, 7) is 1.79. The van der Waals surface area contributed by atoms with E-state index in [2.05, 4.69) is 9.88 Å². The quantitative estimate of drug-likeness (QED) is 0.924. The number of pyridine rings is 1. The van der Waals surface area contributed by atoms with Crippen LogP contribution in [0.15, 0.2) is 36.4 Å². The van der Waals surface area contributed by atoms with Crippen molar-refractivity contribution in [1.29, 1.82) is 0 Å². The van der Waals surface area contributed by atoms with Crippen molar-refractivity contribution in [3.05, 3.63) is 58.8 Å². The molecule has 1 N–H and O–H groups in total. The molecule has 2 aromatic rings. The molecular formula is C16H15F3N2O. The van der Waals surface area contributed by atoms with Gasteiger partial charge < -0.3 is 5.11 Å². The lowest BCUT2D eigenvalue weighted by atomic mass is 10.0. The summed E-state index contributed by atoms with van der Waals surface area (Å²) >= 11 is 0. The van der Waals surface area contributed by atoms with Gasteiger partial charge in [-0.15, -0.1) is 0 Å². The van der Waals surface area contributed by atoms with Crippen molar-refractivity contribution in [3.63, 3.8) is 0 Å².